The Hall–Kier alpha value is -3.40. The van der Waals surface area contributed by atoms with Crippen LogP contribution in [0.1, 0.15) is 28.4 Å². The number of carbonyl (C=O) groups is 1. The van der Waals surface area contributed by atoms with Gasteiger partial charge in [0, 0.05) is 37.7 Å². The zero-order valence-electron chi connectivity index (χ0n) is 17.2. The van der Waals surface area contributed by atoms with Gasteiger partial charge in [-0.3, -0.25) is 19.3 Å². The lowest BCUT2D eigenvalue weighted by Crippen LogP contribution is -2.26. The molecule has 2 atom stereocenters. The van der Waals surface area contributed by atoms with Crippen LogP contribution in [-0.4, -0.2) is 44.2 Å². The number of carbonyl (C=O) groups excluding carboxylic acids is 1. The van der Waals surface area contributed by atoms with Crippen molar-refractivity contribution in [3.63, 3.8) is 0 Å². The fourth-order valence-electron chi connectivity index (χ4n) is 3.22. The van der Waals surface area contributed by atoms with Gasteiger partial charge in [-0.05, 0) is 18.6 Å². The number of anilines is 1. The maximum absolute atomic E-state index is 12.5. The number of aryl methyl sites for hydroxylation is 2. The van der Waals surface area contributed by atoms with Crippen molar-refractivity contribution < 1.29 is 14.3 Å². The van der Waals surface area contributed by atoms with Gasteiger partial charge in [0.05, 0.1) is 31.7 Å². The fraction of sp³-hybridized carbons (Fsp3) is 0.350. The highest BCUT2D eigenvalue weighted by Crippen LogP contribution is 2.46. The molecule has 1 saturated carbocycles. The first kappa shape index (κ1) is 20.9. The van der Waals surface area contributed by atoms with Crippen molar-refractivity contribution >= 4 is 23.2 Å². The number of nitrogens with zero attached hydrogens (tertiary/aromatic N) is 5. The largest absolute Gasteiger partial charge is 0.495 e. The number of aromatic nitrogens is 5. The Morgan fingerprint density at radius 1 is 1.29 bits per heavy atom. The quantitative estimate of drug-likeness (QED) is 0.593. The minimum Gasteiger partial charge on any atom is -0.495 e. The molecule has 1 N–H and O–H groups in total. The Morgan fingerprint density at radius 2 is 2.10 bits per heavy atom. The molecule has 1 aliphatic rings. The van der Waals surface area contributed by atoms with Crippen LogP contribution in [0.25, 0.3) is 0 Å². The van der Waals surface area contributed by atoms with Gasteiger partial charge in [0.1, 0.15) is 16.6 Å². The molecule has 0 spiro atoms. The van der Waals surface area contributed by atoms with Crippen molar-refractivity contribution in [1.82, 2.24) is 24.5 Å². The van der Waals surface area contributed by atoms with Crippen molar-refractivity contribution in [2.45, 2.75) is 12.3 Å². The number of methoxy groups -OCH3 is 1. The van der Waals surface area contributed by atoms with E-state index in [1.54, 1.807) is 20.4 Å². The summed E-state index contributed by atoms with van der Waals surface area (Å²) in [6.45, 7) is 0.422. The van der Waals surface area contributed by atoms with Gasteiger partial charge in [-0.1, -0.05) is 11.6 Å². The SMILES string of the molecule is COc1ccc([C@H]2C[C@@H]2COc2cc(NC(=O)c3cnn(C)c3Cl)c(=O)n(C)n2)nc1. The summed E-state index contributed by atoms with van der Waals surface area (Å²) in [6, 6.07) is 5.25. The van der Waals surface area contributed by atoms with E-state index in [0.29, 0.717) is 24.2 Å². The van der Waals surface area contributed by atoms with Gasteiger partial charge < -0.3 is 14.8 Å². The Kier molecular flexibility index (Phi) is 5.64. The van der Waals surface area contributed by atoms with E-state index in [-0.39, 0.29) is 22.3 Å². The summed E-state index contributed by atoms with van der Waals surface area (Å²) in [5.41, 5.74) is 0.733. The molecule has 11 heteroatoms. The second kappa shape index (κ2) is 8.38. The van der Waals surface area contributed by atoms with E-state index in [1.165, 1.54) is 24.0 Å². The molecule has 31 heavy (non-hydrogen) atoms. The monoisotopic (exact) mass is 444 g/mol. The van der Waals surface area contributed by atoms with Crippen LogP contribution < -0.4 is 20.3 Å². The van der Waals surface area contributed by atoms with Crippen LogP contribution in [0.2, 0.25) is 5.15 Å². The van der Waals surface area contributed by atoms with Crippen LogP contribution in [0.15, 0.2) is 35.4 Å². The molecule has 3 aromatic heterocycles. The Bertz CT molecular complexity index is 1170. The second-order valence-corrected chi connectivity index (χ2v) is 7.65. The molecular weight excluding hydrogens is 424 g/mol. The third-order valence-electron chi connectivity index (χ3n) is 5.14. The normalized spacial score (nSPS) is 17.3. The smallest absolute Gasteiger partial charge is 0.290 e. The molecule has 1 fully saturated rings. The average Bonchev–Trinajstić information content (AvgIpc) is 3.47. The molecule has 1 amide bonds. The van der Waals surface area contributed by atoms with E-state index < -0.39 is 11.5 Å². The highest BCUT2D eigenvalue weighted by atomic mass is 35.5. The Balaban J connectivity index is 1.41. The van der Waals surface area contributed by atoms with Gasteiger partial charge in [-0.2, -0.15) is 5.10 Å². The molecule has 0 saturated heterocycles. The van der Waals surface area contributed by atoms with Gasteiger partial charge in [0.2, 0.25) is 5.88 Å². The first-order valence-corrected chi connectivity index (χ1v) is 9.95. The summed E-state index contributed by atoms with van der Waals surface area (Å²) in [6.07, 6.45) is 3.99. The van der Waals surface area contributed by atoms with Crippen LogP contribution in [0.4, 0.5) is 5.69 Å². The van der Waals surface area contributed by atoms with Crippen molar-refractivity contribution in [2.24, 2.45) is 20.0 Å². The van der Waals surface area contributed by atoms with Crippen LogP contribution in [-0.2, 0) is 14.1 Å². The summed E-state index contributed by atoms with van der Waals surface area (Å²) in [5.74, 6) is 1.02. The summed E-state index contributed by atoms with van der Waals surface area (Å²) in [5, 5.41) is 10.8. The van der Waals surface area contributed by atoms with Crippen molar-refractivity contribution in [3.05, 3.63) is 57.4 Å². The number of rotatable bonds is 7. The molecule has 0 unspecified atom stereocenters. The zero-order valence-corrected chi connectivity index (χ0v) is 18.0. The van der Waals surface area contributed by atoms with Crippen molar-refractivity contribution in [2.75, 3.05) is 19.0 Å². The maximum Gasteiger partial charge on any atom is 0.290 e. The molecule has 0 bridgehead atoms. The van der Waals surface area contributed by atoms with Gasteiger partial charge in [0.15, 0.2) is 0 Å². The Labute approximate surface area is 182 Å². The van der Waals surface area contributed by atoms with E-state index >= 15 is 0 Å². The second-order valence-electron chi connectivity index (χ2n) is 7.29. The number of hydrogen-bond donors (Lipinski definition) is 1. The van der Waals surface area contributed by atoms with Crippen molar-refractivity contribution in [3.8, 4) is 11.6 Å². The third kappa shape index (κ3) is 4.38. The number of ether oxygens (including phenoxy) is 2. The molecule has 0 radical (unpaired) electrons. The lowest BCUT2D eigenvalue weighted by Gasteiger charge is -2.10. The molecule has 3 aromatic rings. The lowest BCUT2D eigenvalue weighted by molar-refractivity contribution is 0.102. The molecule has 1 aliphatic carbocycles. The average molecular weight is 445 g/mol. The van der Waals surface area contributed by atoms with Crippen LogP contribution in [0, 0.1) is 5.92 Å². The molecule has 162 valence electrons. The highest BCUT2D eigenvalue weighted by Gasteiger charge is 2.40. The lowest BCUT2D eigenvalue weighted by atomic mass is 10.2. The molecular formula is C20H21ClN6O4. The number of amides is 1. The standard InChI is InChI=1S/C20H21ClN6O4/c1-26-18(21)14(9-23-26)19(28)24-16-7-17(25-27(2)20(16)29)31-10-11-6-13(11)15-5-4-12(30-3)8-22-15/h4-5,7-9,11,13H,6,10H2,1-3H3,(H,24,28)/t11-,13+/m1/s1. The molecule has 0 aliphatic heterocycles. The van der Waals surface area contributed by atoms with E-state index in [2.05, 4.69) is 20.5 Å². The van der Waals surface area contributed by atoms with Crippen LogP contribution in [0.5, 0.6) is 11.6 Å². The van der Waals surface area contributed by atoms with Gasteiger partial charge in [-0.25, -0.2) is 4.68 Å². The first-order chi connectivity index (χ1) is 14.9. The predicted octanol–water partition coefficient (Wildman–Crippen LogP) is 2.01. The molecule has 4 rings (SSSR count). The van der Waals surface area contributed by atoms with Gasteiger partial charge >= 0.3 is 0 Å². The van der Waals surface area contributed by atoms with Crippen LogP contribution in [0.3, 0.4) is 0 Å². The topological polar surface area (TPSA) is 113 Å². The third-order valence-corrected chi connectivity index (χ3v) is 5.59. The summed E-state index contributed by atoms with van der Waals surface area (Å²) in [4.78, 5) is 29.3. The summed E-state index contributed by atoms with van der Waals surface area (Å²) in [7, 11) is 4.71. The first-order valence-electron chi connectivity index (χ1n) is 9.57. The fourth-order valence-corrected chi connectivity index (χ4v) is 3.40. The van der Waals surface area contributed by atoms with Crippen LogP contribution >= 0.6 is 11.6 Å². The predicted molar refractivity (Wildman–Crippen MR) is 113 cm³/mol. The number of hydrogen-bond acceptors (Lipinski definition) is 7. The number of pyridine rings is 1. The molecule has 0 aromatic carbocycles. The Morgan fingerprint density at radius 3 is 2.74 bits per heavy atom. The maximum atomic E-state index is 12.5. The molecule has 3 heterocycles. The number of halogens is 1. The number of nitrogens with one attached hydrogen (secondary N) is 1. The van der Waals surface area contributed by atoms with E-state index in [1.807, 2.05) is 12.1 Å². The highest BCUT2D eigenvalue weighted by molar-refractivity contribution is 6.33. The van der Waals surface area contributed by atoms with Crippen molar-refractivity contribution in [1.29, 1.82) is 0 Å². The summed E-state index contributed by atoms with van der Waals surface area (Å²) < 4.78 is 13.4. The minimum absolute atomic E-state index is 0.0431. The van der Waals surface area contributed by atoms with Gasteiger partial charge in [-0.15, -0.1) is 5.10 Å². The molecule has 10 nitrogen and oxygen atoms in total. The van der Waals surface area contributed by atoms with E-state index in [4.69, 9.17) is 21.1 Å². The van der Waals surface area contributed by atoms with Gasteiger partial charge in [0.25, 0.3) is 11.5 Å². The van der Waals surface area contributed by atoms with E-state index in [0.717, 1.165) is 16.8 Å². The summed E-state index contributed by atoms with van der Waals surface area (Å²) >= 11 is 6.05. The minimum atomic E-state index is -0.541. The van der Waals surface area contributed by atoms with E-state index in [9.17, 15) is 9.59 Å². The zero-order chi connectivity index (χ0) is 22.1.